The van der Waals surface area contributed by atoms with Gasteiger partial charge in [0.05, 0.1) is 16.4 Å². The summed E-state index contributed by atoms with van der Waals surface area (Å²) in [6.07, 6.45) is 0. The molecule has 0 spiro atoms. The molecule has 24 heavy (non-hydrogen) atoms. The molecule has 0 bridgehead atoms. The van der Waals surface area contributed by atoms with Crippen LogP contribution in [0.3, 0.4) is 0 Å². The van der Waals surface area contributed by atoms with Gasteiger partial charge in [0.25, 0.3) is 10.1 Å². The Bertz CT molecular complexity index is 956. The number of benzene rings is 2. The van der Waals surface area contributed by atoms with Crippen LogP contribution in [-0.4, -0.2) is 23.4 Å². The summed E-state index contributed by atoms with van der Waals surface area (Å²) in [4.78, 5) is -0.445. The first-order valence-corrected chi connectivity index (χ1v) is 10.1. The van der Waals surface area contributed by atoms with E-state index >= 15 is 0 Å². The van der Waals surface area contributed by atoms with Gasteiger partial charge in [0.15, 0.2) is 0 Å². The quantitative estimate of drug-likeness (QED) is 0.734. The van der Waals surface area contributed by atoms with Gasteiger partial charge >= 0.3 is 0 Å². The minimum atomic E-state index is -4.06. The van der Waals surface area contributed by atoms with Gasteiger partial charge in [-0.3, -0.25) is 4.18 Å². The molecule has 0 aromatic heterocycles. The first-order valence-electron chi connectivity index (χ1n) is 7.19. The van der Waals surface area contributed by atoms with Crippen LogP contribution >= 0.6 is 0 Å². The van der Waals surface area contributed by atoms with Crippen LogP contribution in [0.1, 0.15) is 18.1 Å². The third-order valence-electron chi connectivity index (χ3n) is 3.39. The summed E-state index contributed by atoms with van der Waals surface area (Å²) >= 11 is 0. The molecule has 5 nitrogen and oxygen atoms in total. The summed E-state index contributed by atoms with van der Waals surface area (Å²) < 4.78 is 54.7. The monoisotopic (exact) mass is 366 g/mol. The third kappa shape index (κ3) is 3.58. The Labute approximate surface area is 142 Å². The minimum absolute atomic E-state index is 0.00604. The first-order chi connectivity index (χ1) is 11.2. The van der Waals surface area contributed by atoms with Crippen molar-refractivity contribution in [3.63, 3.8) is 0 Å². The molecular weight excluding hydrogens is 348 g/mol. The third-order valence-corrected chi connectivity index (χ3v) is 6.59. The molecule has 0 radical (unpaired) electrons. The van der Waals surface area contributed by atoms with Crippen molar-refractivity contribution in [2.24, 2.45) is 0 Å². The molecule has 7 heteroatoms. The number of rotatable bonds is 6. The Morgan fingerprint density at radius 1 is 1.00 bits per heavy atom. The van der Waals surface area contributed by atoms with E-state index in [0.717, 1.165) is 5.56 Å². The first kappa shape index (κ1) is 18.4. The lowest BCUT2D eigenvalue weighted by Gasteiger charge is -2.13. The predicted octanol–water partition coefficient (Wildman–Crippen LogP) is 3.16. The van der Waals surface area contributed by atoms with E-state index in [1.165, 1.54) is 37.3 Å². The zero-order chi connectivity index (χ0) is 18.0. The molecule has 0 saturated carbocycles. The lowest BCUT2D eigenvalue weighted by Crippen LogP contribution is -2.11. The molecule has 0 unspecified atom stereocenters. The molecule has 0 fully saturated rings. The molecule has 0 aliphatic heterocycles. The number of hydrogen-bond acceptors (Lipinski definition) is 5. The van der Waals surface area contributed by atoms with Gasteiger partial charge < -0.3 is 0 Å². The standard InChI is InChI=1S/C17H18O5S2/c1-4-22-24(20,21)17-8-6-5-7-16(17)14(3)23(18,19)15-11-9-13(2)10-12-15/h5-12H,3-4H2,1-2H3. The predicted molar refractivity (Wildman–Crippen MR) is 92.7 cm³/mol. The molecule has 2 aromatic carbocycles. The Kier molecular flexibility index (Phi) is 5.27. The van der Waals surface area contributed by atoms with Crippen molar-refractivity contribution in [2.45, 2.75) is 23.6 Å². The second-order valence-electron chi connectivity index (χ2n) is 5.10. The molecule has 128 valence electrons. The average Bonchev–Trinajstić information content (AvgIpc) is 2.54. The highest BCUT2D eigenvalue weighted by molar-refractivity contribution is 8.00. The second-order valence-corrected chi connectivity index (χ2v) is 8.65. The smallest absolute Gasteiger partial charge is 0.267 e. The topological polar surface area (TPSA) is 77.5 Å². The number of aryl methyl sites for hydroxylation is 1. The van der Waals surface area contributed by atoms with Crippen molar-refractivity contribution in [3.8, 4) is 0 Å². The van der Waals surface area contributed by atoms with Crippen molar-refractivity contribution < 1.29 is 21.0 Å². The minimum Gasteiger partial charge on any atom is -0.267 e. The van der Waals surface area contributed by atoms with E-state index in [-0.39, 0.29) is 26.9 Å². The van der Waals surface area contributed by atoms with E-state index in [2.05, 4.69) is 6.58 Å². The highest BCUT2D eigenvalue weighted by Gasteiger charge is 2.27. The second kappa shape index (κ2) is 6.88. The maximum Gasteiger partial charge on any atom is 0.297 e. The van der Waals surface area contributed by atoms with Crippen LogP contribution in [0, 0.1) is 6.92 Å². The van der Waals surface area contributed by atoms with Gasteiger partial charge in [-0.05, 0) is 32.0 Å². The Morgan fingerprint density at radius 3 is 2.17 bits per heavy atom. The largest absolute Gasteiger partial charge is 0.297 e. The molecule has 2 rings (SSSR count). The summed E-state index contributed by atoms with van der Waals surface area (Å²) in [5.41, 5.74) is 0.922. The van der Waals surface area contributed by atoms with Crippen LogP contribution in [0.15, 0.2) is 64.9 Å². The summed E-state index contributed by atoms with van der Waals surface area (Å²) in [7, 11) is -7.98. The Balaban J connectivity index is 2.57. The summed E-state index contributed by atoms with van der Waals surface area (Å²) in [6.45, 7) is 6.96. The molecular formula is C17H18O5S2. The summed E-state index contributed by atoms with van der Waals surface area (Å²) in [6, 6.07) is 12.0. The normalized spacial score (nSPS) is 12.1. The lowest BCUT2D eigenvalue weighted by molar-refractivity contribution is 0.338. The van der Waals surface area contributed by atoms with Crippen LogP contribution in [0.2, 0.25) is 0 Å². The fourth-order valence-electron chi connectivity index (χ4n) is 2.14. The summed E-state index contributed by atoms with van der Waals surface area (Å²) in [5, 5.41) is 0. The van der Waals surface area contributed by atoms with Gasteiger partial charge in [-0.2, -0.15) is 8.42 Å². The molecule has 2 aromatic rings. The van der Waals surface area contributed by atoms with Crippen LogP contribution in [0.5, 0.6) is 0 Å². The Hall–Kier alpha value is -1.96. The lowest BCUT2D eigenvalue weighted by atomic mass is 10.2. The fourth-order valence-corrected chi connectivity index (χ4v) is 4.59. The van der Waals surface area contributed by atoms with Crippen molar-refractivity contribution in [2.75, 3.05) is 6.61 Å². The van der Waals surface area contributed by atoms with Gasteiger partial charge in [-0.1, -0.05) is 42.5 Å². The van der Waals surface area contributed by atoms with E-state index in [4.69, 9.17) is 4.18 Å². The van der Waals surface area contributed by atoms with E-state index < -0.39 is 20.0 Å². The van der Waals surface area contributed by atoms with Crippen molar-refractivity contribution in [1.82, 2.24) is 0 Å². The fraction of sp³-hybridized carbons (Fsp3) is 0.176. The maximum atomic E-state index is 12.7. The highest BCUT2D eigenvalue weighted by atomic mass is 32.2. The van der Waals surface area contributed by atoms with Crippen molar-refractivity contribution in [1.29, 1.82) is 0 Å². The zero-order valence-electron chi connectivity index (χ0n) is 13.4. The molecule has 0 aliphatic carbocycles. The van der Waals surface area contributed by atoms with Gasteiger partial charge in [0, 0.05) is 5.56 Å². The Morgan fingerprint density at radius 2 is 1.58 bits per heavy atom. The van der Waals surface area contributed by atoms with Crippen molar-refractivity contribution in [3.05, 3.63) is 66.2 Å². The van der Waals surface area contributed by atoms with Gasteiger partial charge in [0.2, 0.25) is 9.84 Å². The molecule has 0 heterocycles. The van der Waals surface area contributed by atoms with E-state index in [1.54, 1.807) is 18.2 Å². The molecule has 0 saturated heterocycles. The van der Waals surface area contributed by atoms with E-state index in [9.17, 15) is 16.8 Å². The van der Waals surface area contributed by atoms with Gasteiger partial charge in [-0.25, -0.2) is 8.42 Å². The molecule has 0 N–H and O–H groups in total. The number of sulfone groups is 1. The average molecular weight is 366 g/mol. The highest BCUT2D eigenvalue weighted by Crippen LogP contribution is 2.31. The zero-order valence-corrected chi connectivity index (χ0v) is 15.0. The van der Waals surface area contributed by atoms with E-state index in [0.29, 0.717) is 0 Å². The van der Waals surface area contributed by atoms with Crippen LogP contribution < -0.4 is 0 Å². The van der Waals surface area contributed by atoms with Crippen molar-refractivity contribution >= 4 is 24.9 Å². The molecule has 0 aliphatic rings. The molecule has 0 atom stereocenters. The van der Waals surface area contributed by atoms with Gasteiger partial charge in [0.1, 0.15) is 4.90 Å². The van der Waals surface area contributed by atoms with Gasteiger partial charge in [-0.15, -0.1) is 0 Å². The maximum absolute atomic E-state index is 12.7. The molecule has 0 amide bonds. The summed E-state index contributed by atoms with van der Waals surface area (Å²) in [5.74, 6) is 0. The van der Waals surface area contributed by atoms with Crippen LogP contribution in [-0.2, 0) is 24.1 Å². The number of hydrogen-bond donors (Lipinski definition) is 0. The van der Waals surface area contributed by atoms with Crippen LogP contribution in [0.25, 0.3) is 4.91 Å². The van der Waals surface area contributed by atoms with Crippen LogP contribution in [0.4, 0.5) is 0 Å². The van der Waals surface area contributed by atoms with E-state index in [1.807, 2.05) is 6.92 Å². The SMILES string of the molecule is C=C(c1ccccc1S(=O)(=O)OCC)S(=O)(=O)c1ccc(C)cc1.